The molecule has 0 saturated carbocycles. The number of carbonyl (C=O) groups is 2. The molecule has 0 fully saturated rings. The Hall–Kier alpha value is -2.34. The molecule has 0 bridgehead atoms. The van der Waals surface area contributed by atoms with Gasteiger partial charge in [0.1, 0.15) is 0 Å². The number of carbonyl (C=O) groups excluding carboxylic acids is 1. The fourth-order valence-corrected chi connectivity index (χ4v) is 2.77. The summed E-state index contributed by atoms with van der Waals surface area (Å²) in [5.74, 6) is -1.01. The highest BCUT2D eigenvalue weighted by atomic mass is 32.1. The minimum absolute atomic E-state index is 0.182. The summed E-state index contributed by atoms with van der Waals surface area (Å²) >= 11 is 1.59. The van der Waals surface area contributed by atoms with Crippen LogP contribution in [0.25, 0.3) is 0 Å². The summed E-state index contributed by atoms with van der Waals surface area (Å²) in [6.07, 6.45) is 0. The number of carboxylic acids is 1. The van der Waals surface area contributed by atoms with E-state index >= 15 is 0 Å². The van der Waals surface area contributed by atoms with E-state index in [0.29, 0.717) is 17.8 Å². The molecule has 2 amide bonds. The summed E-state index contributed by atoms with van der Waals surface area (Å²) in [5.41, 5.74) is 3.43. The first kappa shape index (κ1) is 15.1. The van der Waals surface area contributed by atoms with Gasteiger partial charge < -0.3 is 15.7 Å². The third-order valence-corrected chi connectivity index (χ3v) is 4.12. The maximum Gasteiger partial charge on any atom is 0.336 e. The predicted octanol–water partition coefficient (Wildman–Crippen LogP) is 3.38. The number of hydrogen-bond donors (Lipinski definition) is 3. The van der Waals surface area contributed by atoms with Crippen LogP contribution >= 0.6 is 11.3 Å². The molecule has 0 spiro atoms. The molecule has 0 aliphatic carbocycles. The molecule has 5 nitrogen and oxygen atoms in total. The van der Waals surface area contributed by atoms with E-state index in [2.05, 4.69) is 10.6 Å². The van der Waals surface area contributed by atoms with Crippen molar-refractivity contribution in [1.29, 1.82) is 0 Å². The second kappa shape index (κ2) is 6.41. The third-order valence-electron chi connectivity index (χ3n) is 3.21. The van der Waals surface area contributed by atoms with Crippen molar-refractivity contribution in [3.05, 3.63) is 51.2 Å². The molecule has 2 rings (SSSR count). The highest BCUT2D eigenvalue weighted by molar-refractivity contribution is 7.08. The van der Waals surface area contributed by atoms with Gasteiger partial charge >= 0.3 is 12.0 Å². The van der Waals surface area contributed by atoms with Crippen LogP contribution in [0.5, 0.6) is 0 Å². The average Bonchev–Trinajstić information content (AvgIpc) is 2.84. The summed E-state index contributed by atoms with van der Waals surface area (Å²) in [4.78, 5) is 22.9. The number of carboxylic acid groups (broad SMARTS) is 1. The van der Waals surface area contributed by atoms with Gasteiger partial charge in [-0.15, -0.1) is 0 Å². The maximum atomic E-state index is 11.9. The predicted molar refractivity (Wildman–Crippen MR) is 83.1 cm³/mol. The molecule has 1 heterocycles. The number of hydrogen-bond acceptors (Lipinski definition) is 3. The van der Waals surface area contributed by atoms with Crippen molar-refractivity contribution in [2.45, 2.75) is 20.4 Å². The molecule has 0 radical (unpaired) electrons. The fraction of sp³-hybridized carbons (Fsp3) is 0.200. The first-order chi connectivity index (χ1) is 9.99. The van der Waals surface area contributed by atoms with Gasteiger partial charge in [-0.25, -0.2) is 9.59 Å². The van der Waals surface area contributed by atoms with Gasteiger partial charge in [-0.1, -0.05) is 6.07 Å². The lowest BCUT2D eigenvalue weighted by atomic mass is 10.1. The second-order valence-electron chi connectivity index (χ2n) is 4.67. The van der Waals surface area contributed by atoms with Crippen molar-refractivity contribution in [1.82, 2.24) is 5.32 Å². The van der Waals surface area contributed by atoms with Gasteiger partial charge in [-0.2, -0.15) is 11.3 Å². The van der Waals surface area contributed by atoms with Gasteiger partial charge in [-0.05, 0) is 53.4 Å². The first-order valence-corrected chi connectivity index (χ1v) is 7.32. The zero-order valence-corrected chi connectivity index (χ0v) is 12.6. The molecule has 110 valence electrons. The Labute approximate surface area is 126 Å². The van der Waals surface area contributed by atoms with E-state index in [1.165, 1.54) is 6.07 Å². The molecule has 0 atom stereocenters. The number of thiophene rings is 1. The highest BCUT2D eigenvalue weighted by Crippen LogP contribution is 2.19. The average molecular weight is 304 g/mol. The van der Waals surface area contributed by atoms with E-state index in [-0.39, 0.29) is 11.6 Å². The molecule has 3 N–H and O–H groups in total. The van der Waals surface area contributed by atoms with Crippen LogP contribution in [0.3, 0.4) is 0 Å². The smallest absolute Gasteiger partial charge is 0.336 e. The van der Waals surface area contributed by atoms with Gasteiger partial charge in [0.15, 0.2) is 0 Å². The first-order valence-electron chi connectivity index (χ1n) is 6.38. The number of nitrogens with one attached hydrogen (secondary N) is 2. The van der Waals surface area contributed by atoms with Crippen LogP contribution in [0, 0.1) is 13.8 Å². The number of aromatic carboxylic acids is 1. The lowest BCUT2D eigenvalue weighted by Gasteiger charge is -2.11. The molecule has 2 aromatic rings. The Morgan fingerprint density at radius 1 is 1.24 bits per heavy atom. The summed E-state index contributed by atoms with van der Waals surface area (Å²) in [6.45, 7) is 4.10. The lowest BCUT2D eigenvalue weighted by Crippen LogP contribution is -2.28. The minimum atomic E-state index is -1.01. The van der Waals surface area contributed by atoms with Crippen molar-refractivity contribution in [3.63, 3.8) is 0 Å². The topological polar surface area (TPSA) is 78.4 Å². The van der Waals surface area contributed by atoms with Crippen LogP contribution in [0.2, 0.25) is 0 Å². The van der Waals surface area contributed by atoms with Crippen LogP contribution in [-0.4, -0.2) is 17.1 Å². The van der Waals surface area contributed by atoms with E-state index in [1.54, 1.807) is 30.4 Å². The molecule has 0 unspecified atom stereocenters. The molecular formula is C15H16N2O3S. The van der Waals surface area contributed by atoms with Gasteiger partial charge in [0.05, 0.1) is 5.56 Å². The summed E-state index contributed by atoms with van der Waals surface area (Å²) < 4.78 is 0. The lowest BCUT2D eigenvalue weighted by molar-refractivity contribution is 0.0696. The molecule has 0 aliphatic heterocycles. The zero-order valence-electron chi connectivity index (χ0n) is 11.8. The summed E-state index contributed by atoms with van der Waals surface area (Å²) in [5, 5.41) is 18.5. The van der Waals surface area contributed by atoms with Gasteiger partial charge in [0.2, 0.25) is 0 Å². The van der Waals surface area contributed by atoms with E-state index < -0.39 is 5.97 Å². The van der Waals surface area contributed by atoms with E-state index in [0.717, 1.165) is 11.1 Å². The number of aryl methyl sites for hydroxylation is 1. The fourth-order valence-electron chi connectivity index (χ4n) is 1.91. The maximum absolute atomic E-state index is 11.9. The highest BCUT2D eigenvalue weighted by Gasteiger charge is 2.12. The van der Waals surface area contributed by atoms with Crippen LogP contribution in [0.15, 0.2) is 29.0 Å². The number of anilines is 1. The van der Waals surface area contributed by atoms with E-state index in [1.807, 2.05) is 17.7 Å². The van der Waals surface area contributed by atoms with Crippen LogP contribution in [-0.2, 0) is 6.54 Å². The SMILES string of the molecule is Cc1cscc1CNC(=O)Nc1cccc(C(=O)O)c1C. The van der Waals surface area contributed by atoms with Gasteiger partial charge in [0, 0.05) is 12.2 Å². The molecular weight excluding hydrogens is 288 g/mol. The Morgan fingerprint density at radius 3 is 2.62 bits per heavy atom. The number of rotatable bonds is 4. The second-order valence-corrected chi connectivity index (χ2v) is 5.41. The van der Waals surface area contributed by atoms with Gasteiger partial charge in [-0.3, -0.25) is 0 Å². The Bertz CT molecular complexity index is 679. The third kappa shape index (κ3) is 3.61. The summed E-state index contributed by atoms with van der Waals surface area (Å²) in [7, 11) is 0. The van der Waals surface area contributed by atoms with Crippen molar-refractivity contribution in [2.24, 2.45) is 0 Å². The van der Waals surface area contributed by atoms with Crippen molar-refractivity contribution >= 4 is 29.0 Å². The standard InChI is InChI=1S/C15H16N2O3S/c1-9-7-21-8-11(9)6-16-15(20)17-13-5-3-4-12(10(13)2)14(18)19/h3-5,7-8H,6H2,1-2H3,(H,18,19)(H2,16,17,20). The van der Waals surface area contributed by atoms with E-state index in [9.17, 15) is 9.59 Å². The molecule has 1 aromatic carbocycles. The molecule has 0 aliphatic rings. The monoisotopic (exact) mass is 304 g/mol. The van der Waals surface area contributed by atoms with Gasteiger partial charge in [0.25, 0.3) is 0 Å². The minimum Gasteiger partial charge on any atom is -0.478 e. The normalized spacial score (nSPS) is 10.2. The molecule has 1 aromatic heterocycles. The van der Waals surface area contributed by atoms with Crippen LogP contribution in [0.4, 0.5) is 10.5 Å². The quantitative estimate of drug-likeness (QED) is 0.810. The Kier molecular flexibility index (Phi) is 4.59. The summed E-state index contributed by atoms with van der Waals surface area (Å²) in [6, 6.07) is 4.44. The van der Waals surface area contributed by atoms with Crippen molar-refractivity contribution in [2.75, 3.05) is 5.32 Å². The zero-order chi connectivity index (χ0) is 15.4. The van der Waals surface area contributed by atoms with Crippen molar-refractivity contribution in [3.8, 4) is 0 Å². The Morgan fingerprint density at radius 2 is 2.00 bits per heavy atom. The van der Waals surface area contributed by atoms with Crippen LogP contribution in [0.1, 0.15) is 27.0 Å². The van der Waals surface area contributed by atoms with Crippen molar-refractivity contribution < 1.29 is 14.7 Å². The number of benzene rings is 1. The molecule has 21 heavy (non-hydrogen) atoms. The Balaban J connectivity index is 2.01. The number of urea groups is 1. The molecule has 6 heteroatoms. The van der Waals surface area contributed by atoms with Crippen LogP contribution < -0.4 is 10.6 Å². The largest absolute Gasteiger partial charge is 0.478 e. The van der Waals surface area contributed by atoms with E-state index in [4.69, 9.17) is 5.11 Å². The molecule has 0 saturated heterocycles. The number of amides is 2.